The molecule has 1 aromatic carbocycles. The van der Waals surface area contributed by atoms with Gasteiger partial charge in [-0.3, -0.25) is 19.4 Å². The van der Waals surface area contributed by atoms with Gasteiger partial charge >= 0.3 is 0 Å². The summed E-state index contributed by atoms with van der Waals surface area (Å²) in [6, 6.07) is 6.76. The molecule has 3 rings (SSSR count). The number of likely N-dealkylation sites (N-methyl/N-ethyl adjacent to an activating group) is 1. The Labute approximate surface area is 174 Å². The van der Waals surface area contributed by atoms with E-state index < -0.39 is 29.3 Å². The van der Waals surface area contributed by atoms with Crippen LogP contribution in [-0.2, 0) is 15.1 Å². The number of hydrogen-bond acceptors (Lipinski definition) is 6. The van der Waals surface area contributed by atoms with Crippen molar-refractivity contribution in [3.8, 4) is 0 Å². The lowest BCUT2D eigenvalue weighted by atomic mass is 9.82. The number of nitrogens with one attached hydrogen (secondary N) is 3. The number of benzene rings is 1. The molecule has 3 amide bonds. The molecule has 2 heterocycles. The highest BCUT2D eigenvalue weighted by atomic mass is 35.5. The first-order valence-corrected chi connectivity index (χ1v) is 9.54. The van der Waals surface area contributed by atoms with E-state index in [1.807, 2.05) is 0 Å². The van der Waals surface area contributed by atoms with Crippen LogP contribution in [0, 0.1) is 0 Å². The van der Waals surface area contributed by atoms with E-state index in [2.05, 4.69) is 20.9 Å². The average molecular weight is 440 g/mol. The second kappa shape index (κ2) is 7.78. The van der Waals surface area contributed by atoms with Crippen LogP contribution in [0.5, 0.6) is 0 Å². The maximum absolute atomic E-state index is 12.3. The number of nitrogens with zero attached hydrogens (tertiary/aromatic N) is 1. The lowest BCUT2D eigenvalue weighted by Gasteiger charge is -2.31. The SMILES string of the molecule is CNC(=O)C1N=CNC1(C(N)=O)c1ccc(NC(=O)c2cc(Cl)sc2Cl)cc1. The number of carbonyl (C=O) groups is 3. The number of anilines is 1. The summed E-state index contributed by atoms with van der Waals surface area (Å²) in [6.45, 7) is 0. The summed E-state index contributed by atoms with van der Waals surface area (Å²) >= 11 is 12.9. The number of thiophene rings is 1. The van der Waals surface area contributed by atoms with Gasteiger partial charge < -0.3 is 21.7 Å². The third-order valence-corrected chi connectivity index (χ3v) is 5.80. The van der Waals surface area contributed by atoms with Crippen molar-refractivity contribution in [3.05, 3.63) is 50.1 Å². The summed E-state index contributed by atoms with van der Waals surface area (Å²) in [5.41, 5.74) is 5.24. The van der Waals surface area contributed by atoms with Crippen molar-refractivity contribution in [2.24, 2.45) is 10.7 Å². The minimum Gasteiger partial charge on any atom is -0.367 e. The molecule has 0 fully saturated rings. The van der Waals surface area contributed by atoms with Crippen molar-refractivity contribution in [2.45, 2.75) is 11.6 Å². The van der Waals surface area contributed by atoms with E-state index in [1.54, 1.807) is 24.3 Å². The molecule has 1 aromatic heterocycles. The Bertz CT molecular complexity index is 976. The predicted molar refractivity (Wildman–Crippen MR) is 109 cm³/mol. The fourth-order valence-corrected chi connectivity index (χ4v) is 4.36. The summed E-state index contributed by atoms with van der Waals surface area (Å²) in [5.74, 6) is -1.63. The highest BCUT2D eigenvalue weighted by Gasteiger charge is 2.51. The van der Waals surface area contributed by atoms with E-state index in [0.29, 0.717) is 15.6 Å². The van der Waals surface area contributed by atoms with Crippen LogP contribution in [0.25, 0.3) is 0 Å². The Morgan fingerprint density at radius 2 is 1.93 bits per heavy atom. The van der Waals surface area contributed by atoms with Gasteiger partial charge in [-0.15, -0.1) is 11.3 Å². The first-order chi connectivity index (χ1) is 13.3. The average Bonchev–Trinajstić information content (AvgIpc) is 3.25. The molecule has 28 heavy (non-hydrogen) atoms. The molecule has 1 aliphatic heterocycles. The molecular formula is C17H15Cl2N5O3S. The Hall–Kier alpha value is -2.62. The maximum atomic E-state index is 12.3. The van der Waals surface area contributed by atoms with Gasteiger partial charge in [0.1, 0.15) is 4.34 Å². The number of aliphatic imine (C=N–C) groups is 1. The third-order valence-electron chi connectivity index (χ3n) is 4.31. The third kappa shape index (κ3) is 3.44. The number of primary amides is 1. The van der Waals surface area contributed by atoms with Crippen molar-refractivity contribution >= 4 is 64.3 Å². The van der Waals surface area contributed by atoms with Gasteiger partial charge in [0.15, 0.2) is 11.6 Å². The minimum absolute atomic E-state index is 0.264. The number of rotatable bonds is 5. The molecule has 2 atom stereocenters. The number of halogens is 2. The number of nitrogens with two attached hydrogens (primary N) is 1. The number of carbonyl (C=O) groups excluding carboxylic acids is 3. The molecule has 8 nitrogen and oxygen atoms in total. The molecule has 0 radical (unpaired) electrons. The van der Waals surface area contributed by atoms with Crippen molar-refractivity contribution in [3.63, 3.8) is 0 Å². The van der Waals surface area contributed by atoms with E-state index >= 15 is 0 Å². The summed E-state index contributed by atoms with van der Waals surface area (Å²) in [5, 5.41) is 7.97. The topological polar surface area (TPSA) is 126 Å². The smallest absolute Gasteiger partial charge is 0.258 e. The molecule has 0 saturated carbocycles. The quantitative estimate of drug-likeness (QED) is 0.565. The maximum Gasteiger partial charge on any atom is 0.258 e. The van der Waals surface area contributed by atoms with Crippen molar-refractivity contribution < 1.29 is 14.4 Å². The van der Waals surface area contributed by atoms with Gasteiger partial charge in [0.05, 0.1) is 16.2 Å². The van der Waals surface area contributed by atoms with Crippen LogP contribution in [0.4, 0.5) is 5.69 Å². The van der Waals surface area contributed by atoms with E-state index in [1.165, 1.54) is 19.5 Å². The summed E-state index contributed by atoms with van der Waals surface area (Å²) in [7, 11) is 1.45. The standard InChI is InChI=1S/C17H15Cl2N5O3S/c1-21-15(26)12-17(16(20)27,23-7-22-12)8-2-4-9(5-3-8)24-14(25)10-6-11(18)28-13(10)19/h2-7,12H,1H3,(H2,20,27)(H,21,26)(H,22,23)(H,24,25). The second-order valence-corrected chi connectivity index (χ2v) is 8.17. The molecule has 11 heteroatoms. The Balaban J connectivity index is 1.86. The highest BCUT2D eigenvalue weighted by molar-refractivity contribution is 7.20. The van der Waals surface area contributed by atoms with Gasteiger partial charge in [-0.25, -0.2) is 0 Å². The first kappa shape index (κ1) is 20.1. The van der Waals surface area contributed by atoms with Crippen LogP contribution in [0.15, 0.2) is 35.3 Å². The number of amides is 3. The molecule has 2 aromatic rings. The second-order valence-electron chi connectivity index (χ2n) is 5.88. The molecule has 0 bridgehead atoms. The van der Waals surface area contributed by atoms with Crippen LogP contribution in [0.3, 0.4) is 0 Å². The van der Waals surface area contributed by atoms with Gasteiger partial charge in [-0.05, 0) is 23.8 Å². The largest absolute Gasteiger partial charge is 0.367 e. The lowest BCUT2D eigenvalue weighted by molar-refractivity contribution is -0.131. The summed E-state index contributed by atoms with van der Waals surface area (Å²) in [6.07, 6.45) is 1.28. The lowest BCUT2D eigenvalue weighted by Crippen LogP contribution is -2.59. The van der Waals surface area contributed by atoms with E-state index in [-0.39, 0.29) is 9.90 Å². The van der Waals surface area contributed by atoms with Crippen molar-refractivity contribution in [2.75, 3.05) is 12.4 Å². The van der Waals surface area contributed by atoms with Crippen LogP contribution >= 0.6 is 34.5 Å². The fourth-order valence-electron chi connectivity index (χ4n) is 2.90. The van der Waals surface area contributed by atoms with E-state index in [4.69, 9.17) is 28.9 Å². The molecule has 0 saturated heterocycles. The van der Waals surface area contributed by atoms with Gasteiger partial charge in [-0.2, -0.15) is 0 Å². The monoisotopic (exact) mass is 439 g/mol. The van der Waals surface area contributed by atoms with E-state index in [9.17, 15) is 14.4 Å². The normalized spacial score (nSPS) is 20.5. The number of hydrogen-bond donors (Lipinski definition) is 4. The van der Waals surface area contributed by atoms with Gasteiger partial charge in [0.25, 0.3) is 11.8 Å². The minimum atomic E-state index is -1.52. The molecule has 0 aliphatic carbocycles. The molecule has 146 valence electrons. The molecule has 5 N–H and O–H groups in total. The summed E-state index contributed by atoms with van der Waals surface area (Å²) < 4.78 is 0.689. The molecular weight excluding hydrogens is 425 g/mol. The van der Waals surface area contributed by atoms with Crippen molar-refractivity contribution in [1.29, 1.82) is 0 Å². The van der Waals surface area contributed by atoms with Crippen LogP contribution in [0.1, 0.15) is 15.9 Å². The predicted octanol–water partition coefficient (Wildman–Crippen LogP) is 1.73. The van der Waals surface area contributed by atoms with Crippen LogP contribution in [0.2, 0.25) is 8.67 Å². The molecule has 2 unspecified atom stereocenters. The first-order valence-electron chi connectivity index (χ1n) is 7.97. The van der Waals surface area contributed by atoms with Crippen LogP contribution in [-0.4, -0.2) is 37.1 Å². The van der Waals surface area contributed by atoms with Gasteiger partial charge in [-0.1, -0.05) is 35.3 Å². The zero-order valence-corrected chi connectivity index (χ0v) is 16.8. The zero-order valence-electron chi connectivity index (χ0n) is 14.5. The Kier molecular flexibility index (Phi) is 5.59. The van der Waals surface area contributed by atoms with Gasteiger partial charge in [0, 0.05) is 12.7 Å². The molecule has 0 spiro atoms. The van der Waals surface area contributed by atoms with Gasteiger partial charge in [0.2, 0.25) is 5.91 Å². The fraction of sp³-hybridized carbons (Fsp3) is 0.176. The van der Waals surface area contributed by atoms with Crippen molar-refractivity contribution in [1.82, 2.24) is 10.6 Å². The zero-order chi connectivity index (χ0) is 20.5. The summed E-state index contributed by atoms with van der Waals surface area (Å²) in [4.78, 5) is 40.8. The van der Waals surface area contributed by atoms with Crippen LogP contribution < -0.4 is 21.7 Å². The van der Waals surface area contributed by atoms with E-state index in [0.717, 1.165) is 11.3 Å². The Morgan fingerprint density at radius 3 is 2.46 bits per heavy atom. The Morgan fingerprint density at radius 1 is 1.25 bits per heavy atom. The highest BCUT2D eigenvalue weighted by Crippen LogP contribution is 2.33. The molecule has 1 aliphatic rings.